The van der Waals surface area contributed by atoms with Crippen molar-refractivity contribution in [3.8, 4) is 5.75 Å². The second-order valence-corrected chi connectivity index (χ2v) is 6.19. The molecule has 1 unspecified atom stereocenters. The average molecular weight is 357 g/mol. The number of nitrogens with zero attached hydrogens (tertiary/aromatic N) is 1. The van der Waals surface area contributed by atoms with Crippen molar-refractivity contribution in [2.24, 2.45) is 4.99 Å². The lowest BCUT2D eigenvalue weighted by Gasteiger charge is -2.21. The highest BCUT2D eigenvalue weighted by Gasteiger charge is 2.17. The van der Waals surface area contributed by atoms with Gasteiger partial charge in [-0.2, -0.15) is 0 Å². The molecule has 2 aromatic carbocycles. The number of hydrogen-bond donors (Lipinski definition) is 2. The van der Waals surface area contributed by atoms with Gasteiger partial charge in [0.25, 0.3) is 0 Å². The Hall–Kier alpha value is -2.60. The Labute approximate surface area is 153 Å². The zero-order valence-corrected chi connectivity index (χ0v) is 15.1. The summed E-state index contributed by atoms with van der Waals surface area (Å²) in [6, 6.07) is 13.3. The maximum Gasteiger partial charge on any atom is 0.191 e. The molecule has 1 aliphatic rings. The number of benzene rings is 2. The van der Waals surface area contributed by atoms with Gasteiger partial charge in [0.15, 0.2) is 12.8 Å². The molecule has 1 atom stereocenters. The molecule has 0 aromatic heterocycles. The van der Waals surface area contributed by atoms with Crippen molar-refractivity contribution in [3.63, 3.8) is 0 Å². The summed E-state index contributed by atoms with van der Waals surface area (Å²) >= 11 is 0. The van der Waals surface area contributed by atoms with E-state index < -0.39 is 0 Å². The molecule has 2 aromatic rings. The molecule has 1 heterocycles. The van der Waals surface area contributed by atoms with Crippen molar-refractivity contribution in [1.82, 2.24) is 10.6 Å². The van der Waals surface area contributed by atoms with Gasteiger partial charge < -0.3 is 20.1 Å². The fraction of sp³-hybridized carbons (Fsp3) is 0.350. The number of nitrogens with one attached hydrogen (secondary N) is 2. The lowest BCUT2D eigenvalue weighted by molar-refractivity contribution is -0.0172. The van der Waals surface area contributed by atoms with Crippen LogP contribution in [0.3, 0.4) is 0 Å². The molecule has 6 heteroatoms. The van der Waals surface area contributed by atoms with Gasteiger partial charge in [0.05, 0.1) is 12.6 Å². The number of ether oxygens (including phenoxy) is 2. The molecule has 0 bridgehead atoms. The third-order valence-corrected chi connectivity index (χ3v) is 4.31. The summed E-state index contributed by atoms with van der Waals surface area (Å²) in [6.07, 6.45) is 0.626. The molecule has 3 rings (SSSR count). The Balaban J connectivity index is 1.58. The van der Waals surface area contributed by atoms with Crippen LogP contribution in [-0.4, -0.2) is 26.3 Å². The second-order valence-electron chi connectivity index (χ2n) is 6.19. The number of halogens is 1. The number of hydrogen-bond acceptors (Lipinski definition) is 3. The predicted molar refractivity (Wildman–Crippen MR) is 99.7 cm³/mol. The second kappa shape index (κ2) is 8.67. The smallest absolute Gasteiger partial charge is 0.191 e. The topological polar surface area (TPSA) is 54.9 Å². The van der Waals surface area contributed by atoms with Gasteiger partial charge in [-0.1, -0.05) is 30.3 Å². The molecule has 26 heavy (non-hydrogen) atoms. The Morgan fingerprint density at radius 3 is 2.85 bits per heavy atom. The van der Waals surface area contributed by atoms with Crippen molar-refractivity contribution < 1.29 is 13.9 Å². The van der Waals surface area contributed by atoms with Crippen LogP contribution in [0.25, 0.3) is 0 Å². The molecule has 0 saturated carbocycles. The monoisotopic (exact) mass is 357 g/mol. The van der Waals surface area contributed by atoms with Gasteiger partial charge in [-0.3, -0.25) is 4.99 Å². The van der Waals surface area contributed by atoms with Gasteiger partial charge in [0.1, 0.15) is 11.6 Å². The average Bonchev–Trinajstić information content (AvgIpc) is 2.67. The van der Waals surface area contributed by atoms with Crippen LogP contribution in [0.2, 0.25) is 0 Å². The predicted octanol–water partition coefficient (Wildman–Crippen LogP) is 3.16. The van der Waals surface area contributed by atoms with Crippen LogP contribution in [0.5, 0.6) is 5.75 Å². The Bertz CT molecular complexity index is 765. The van der Waals surface area contributed by atoms with Crippen molar-refractivity contribution in [1.29, 1.82) is 0 Å². The summed E-state index contributed by atoms with van der Waals surface area (Å²) in [5, 5.41) is 6.63. The molecule has 2 N–H and O–H groups in total. The first-order chi connectivity index (χ1) is 12.7. The van der Waals surface area contributed by atoms with Crippen molar-refractivity contribution in [2.45, 2.75) is 26.0 Å². The fourth-order valence-electron chi connectivity index (χ4n) is 2.98. The number of fused-ring (bicyclic) bond motifs is 1. The van der Waals surface area contributed by atoms with E-state index in [4.69, 9.17) is 9.47 Å². The summed E-state index contributed by atoms with van der Waals surface area (Å²) in [5.74, 6) is 1.17. The molecule has 1 aliphatic heterocycles. The molecule has 0 aliphatic carbocycles. The third kappa shape index (κ3) is 4.52. The first-order valence-electron chi connectivity index (χ1n) is 8.71. The maximum atomic E-state index is 13.8. The van der Waals surface area contributed by atoms with Crippen LogP contribution >= 0.6 is 0 Å². The molecule has 0 saturated heterocycles. The molecule has 0 spiro atoms. The summed E-state index contributed by atoms with van der Waals surface area (Å²) in [4.78, 5) is 4.26. The molecule has 0 radical (unpaired) electrons. The van der Waals surface area contributed by atoms with Crippen LogP contribution in [0.1, 0.15) is 29.7 Å². The third-order valence-electron chi connectivity index (χ3n) is 4.31. The molecular weight excluding hydrogens is 333 g/mol. The van der Waals surface area contributed by atoms with Gasteiger partial charge in [-0.25, -0.2) is 4.39 Å². The minimum absolute atomic E-state index is 0.129. The fourth-order valence-corrected chi connectivity index (χ4v) is 2.98. The summed E-state index contributed by atoms with van der Waals surface area (Å²) in [7, 11) is 1.73. The molecule has 5 nitrogen and oxygen atoms in total. The number of guanidine groups is 1. The SMILES string of the molecule is CN=C(NCCc1cc(F)cc2c1OCOC2)NC(C)c1ccccc1. The van der Waals surface area contributed by atoms with Crippen LogP contribution in [0.15, 0.2) is 47.5 Å². The van der Waals surface area contributed by atoms with Crippen molar-refractivity contribution in [3.05, 3.63) is 65.0 Å². The van der Waals surface area contributed by atoms with Crippen LogP contribution in [0.4, 0.5) is 4.39 Å². The zero-order valence-electron chi connectivity index (χ0n) is 15.1. The first-order valence-corrected chi connectivity index (χ1v) is 8.71. The Morgan fingerprint density at radius 2 is 2.08 bits per heavy atom. The largest absolute Gasteiger partial charge is 0.467 e. The minimum atomic E-state index is -0.270. The van der Waals surface area contributed by atoms with Crippen LogP contribution in [0, 0.1) is 5.82 Å². The van der Waals surface area contributed by atoms with Crippen LogP contribution < -0.4 is 15.4 Å². The Kier molecular flexibility index (Phi) is 6.07. The standard InChI is InChI=1S/C20H24FN3O2/c1-14(15-6-4-3-5-7-15)24-20(22-2)23-9-8-16-10-18(21)11-17-12-25-13-26-19(16)17/h3-7,10-11,14H,8-9,12-13H2,1-2H3,(H2,22,23,24). The highest BCUT2D eigenvalue weighted by Crippen LogP contribution is 2.29. The van der Waals surface area contributed by atoms with E-state index in [-0.39, 0.29) is 18.7 Å². The van der Waals surface area contributed by atoms with E-state index in [1.807, 2.05) is 18.2 Å². The number of aliphatic imine (C=N–C) groups is 1. The van der Waals surface area contributed by atoms with Gasteiger partial charge in [-0.15, -0.1) is 0 Å². The highest BCUT2D eigenvalue weighted by molar-refractivity contribution is 5.80. The van der Waals surface area contributed by atoms with E-state index in [2.05, 4.69) is 34.7 Å². The maximum absolute atomic E-state index is 13.8. The number of rotatable bonds is 5. The van der Waals surface area contributed by atoms with Gasteiger partial charge in [-0.05, 0) is 36.6 Å². The lowest BCUT2D eigenvalue weighted by atomic mass is 10.1. The quantitative estimate of drug-likeness (QED) is 0.638. The van der Waals surface area contributed by atoms with E-state index in [1.165, 1.54) is 17.7 Å². The highest BCUT2D eigenvalue weighted by atomic mass is 19.1. The Morgan fingerprint density at radius 1 is 1.27 bits per heavy atom. The first kappa shape index (κ1) is 18.2. The van der Waals surface area contributed by atoms with Crippen molar-refractivity contribution in [2.75, 3.05) is 20.4 Å². The van der Waals surface area contributed by atoms with Crippen LogP contribution in [-0.2, 0) is 17.8 Å². The summed E-state index contributed by atoms with van der Waals surface area (Å²) in [5.41, 5.74) is 2.77. The van der Waals surface area contributed by atoms with E-state index in [9.17, 15) is 4.39 Å². The van der Waals surface area contributed by atoms with Gasteiger partial charge >= 0.3 is 0 Å². The lowest BCUT2D eigenvalue weighted by Crippen LogP contribution is -2.39. The van der Waals surface area contributed by atoms with Gasteiger partial charge in [0.2, 0.25) is 0 Å². The van der Waals surface area contributed by atoms with E-state index in [0.29, 0.717) is 25.5 Å². The molecule has 0 amide bonds. The summed E-state index contributed by atoms with van der Waals surface area (Å²) < 4.78 is 24.6. The van der Waals surface area contributed by atoms with Crippen molar-refractivity contribution >= 4 is 5.96 Å². The molecule has 138 valence electrons. The molecule has 0 fully saturated rings. The zero-order chi connectivity index (χ0) is 18.4. The summed E-state index contributed by atoms with van der Waals surface area (Å²) in [6.45, 7) is 3.28. The molecular formula is C20H24FN3O2. The van der Waals surface area contributed by atoms with Gasteiger partial charge in [0, 0.05) is 19.2 Å². The normalized spacial score (nSPS) is 15.0. The van der Waals surface area contributed by atoms with E-state index in [0.717, 1.165) is 16.9 Å². The van der Waals surface area contributed by atoms with E-state index in [1.54, 1.807) is 7.05 Å². The minimum Gasteiger partial charge on any atom is -0.467 e. The van der Waals surface area contributed by atoms with E-state index >= 15 is 0 Å².